The Morgan fingerprint density at radius 3 is 0.841 bits per heavy atom. The number of aryl methyl sites for hydroxylation is 7. The predicted molar refractivity (Wildman–Crippen MR) is 231 cm³/mol. The summed E-state index contributed by atoms with van der Waals surface area (Å²) in [6.45, 7) is 10.4. The Balaban J connectivity index is 0.000000228. The van der Waals surface area contributed by atoms with E-state index < -0.39 is 79.1 Å². The van der Waals surface area contributed by atoms with Gasteiger partial charge < -0.3 is 25.5 Å². The molecule has 6 rings (SSSR count). The molecule has 372 valence electrons. The van der Waals surface area contributed by atoms with E-state index in [1.54, 1.807) is 20.8 Å². The maximum Gasteiger partial charge on any atom is 0.411 e. The van der Waals surface area contributed by atoms with Gasteiger partial charge in [-0.3, -0.25) is 0 Å². The largest absolute Gasteiger partial charge is 0.508 e. The first-order chi connectivity index (χ1) is 31.5. The number of hydrogen-bond donors (Lipinski definition) is 5. The zero-order valence-electron chi connectivity index (χ0n) is 37.4. The number of halogens is 12. The molecule has 0 aliphatic heterocycles. The van der Waals surface area contributed by atoms with E-state index in [1.807, 2.05) is 0 Å². The van der Waals surface area contributed by atoms with Crippen LogP contribution in [0.25, 0.3) is 0 Å². The van der Waals surface area contributed by atoms with Crippen molar-refractivity contribution >= 4 is 9.84 Å². The molecule has 20 heteroatoms. The molecule has 0 aliphatic carbocycles. The number of sulfone groups is 1. The van der Waals surface area contributed by atoms with Gasteiger partial charge >= 0.3 is 24.7 Å². The molecule has 6 aromatic carbocycles. The lowest BCUT2D eigenvalue weighted by atomic mass is 9.72. The summed E-state index contributed by atoms with van der Waals surface area (Å²) in [5.74, 6) is -1.89. The lowest BCUT2D eigenvalue weighted by Gasteiger charge is -2.38. The lowest BCUT2D eigenvalue weighted by Crippen LogP contribution is -2.54. The Morgan fingerprint density at radius 1 is 0.304 bits per heavy atom. The lowest BCUT2D eigenvalue weighted by molar-refractivity contribution is -0.290. The van der Waals surface area contributed by atoms with Crippen LogP contribution in [0.4, 0.5) is 52.7 Å². The van der Waals surface area contributed by atoms with Gasteiger partial charge in [0, 0.05) is 0 Å². The van der Waals surface area contributed by atoms with Gasteiger partial charge in [-0.2, -0.15) is 52.7 Å². The van der Waals surface area contributed by atoms with Gasteiger partial charge in [-0.25, -0.2) is 8.42 Å². The Kier molecular flexibility index (Phi) is 15.5. The highest BCUT2D eigenvalue weighted by Crippen LogP contribution is 2.58. The molecule has 0 saturated carbocycles. The van der Waals surface area contributed by atoms with Crippen LogP contribution in [0.2, 0.25) is 0 Å². The number of aromatic hydroxyl groups is 5. The molecule has 6 aromatic rings. The van der Waals surface area contributed by atoms with Gasteiger partial charge in [0.2, 0.25) is 20.7 Å². The minimum absolute atomic E-state index is 0.00106. The molecule has 5 N–H and O–H groups in total. The third kappa shape index (κ3) is 10.5. The molecule has 0 bridgehead atoms. The highest BCUT2D eigenvalue weighted by Gasteiger charge is 2.73. The van der Waals surface area contributed by atoms with Crippen LogP contribution < -0.4 is 0 Å². The third-order valence-electron chi connectivity index (χ3n) is 11.5. The second-order valence-corrected chi connectivity index (χ2v) is 18.1. The van der Waals surface area contributed by atoms with Gasteiger partial charge in [0.15, 0.2) is 0 Å². The number of benzene rings is 6. The molecule has 7 nitrogen and oxygen atoms in total. The first-order valence-electron chi connectivity index (χ1n) is 20.1. The number of phenols is 5. The van der Waals surface area contributed by atoms with Crippen molar-refractivity contribution in [2.24, 2.45) is 0 Å². The molecule has 0 aromatic heterocycles. The van der Waals surface area contributed by atoms with Gasteiger partial charge in [-0.15, -0.1) is 0 Å². The maximum atomic E-state index is 13.9. The topological polar surface area (TPSA) is 135 Å². The second kappa shape index (κ2) is 19.4. The Bertz CT molecular complexity index is 2630. The van der Waals surface area contributed by atoms with Gasteiger partial charge in [0.25, 0.3) is 0 Å². The fourth-order valence-corrected chi connectivity index (χ4v) is 8.46. The van der Waals surface area contributed by atoms with E-state index in [1.165, 1.54) is 70.2 Å². The minimum atomic E-state index is -5.77. The summed E-state index contributed by atoms with van der Waals surface area (Å²) in [7, 11) is -3.74. The summed E-state index contributed by atoms with van der Waals surface area (Å²) in [4.78, 5) is -0.00212. The van der Waals surface area contributed by atoms with Crippen LogP contribution in [-0.4, -0.2) is 58.7 Å². The van der Waals surface area contributed by atoms with Crippen LogP contribution in [0, 0.1) is 48.5 Å². The van der Waals surface area contributed by atoms with Crippen molar-refractivity contribution in [1.29, 1.82) is 0 Å². The monoisotopic (exact) mass is 1000 g/mol. The number of rotatable bonds is 6. The van der Waals surface area contributed by atoms with E-state index in [0.29, 0.717) is 52.6 Å². The second-order valence-electron chi connectivity index (χ2n) is 16.2. The number of hydrogen-bond acceptors (Lipinski definition) is 7. The Hall–Kier alpha value is -6.57. The maximum absolute atomic E-state index is 13.9. The van der Waals surface area contributed by atoms with Crippen LogP contribution >= 0.6 is 0 Å². The van der Waals surface area contributed by atoms with Gasteiger partial charge in [0.1, 0.15) is 28.7 Å². The SMILES string of the molecule is Cc1ccc(C(c2ccc(C)c(O)c2)(C(F)(F)F)C(F)(F)F)cc1O.Cc1ccc(C(c2ccc(O)c(C)c2)(C(F)(F)F)C(F)(F)F)cc1C.Cc1ccc(S(=O)(=O)c2ccc(C)c(O)c2)cc1O. The van der Waals surface area contributed by atoms with Crippen molar-refractivity contribution in [3.05, 3.63) is 170 Å². The van der Waals surface area contributed by atoms with Gasteiger partial charge in [-0.05, 0) is 152 Å². The van der Waals surface area contributed by atoms with Crippen LogP contribution in [0.3, 0.4) is 0 Å². The molecule has 0 saturated heterocycles. The van der Waals surface area contributed by atoms with Crippen molar-refractivity contribution in [2.75, 3.05) is 0 Å². The predicted octanol–water partition coefficient (Wildman–Crippen LogP) is 13.4. The quantitative estimate of drug-likeness (QED) is 0.105. The molecular formula is C49H44F12O7S. The highest BCUT2D eigenvalue weighted by molar-refractivity contribution is 7.91. The van der Waals surface area contributed by atoms with E-state index >= 15 is 0 Å². The van der Waals surface area contributed by atoms with Crippen molar-refractivity contribution < 1.29 is 86.6 Å². The smallest absolute Gasteiger partial charge is 0.411 e. The molecule has 0 atom stereocenters. The van der Waals surface area contributed by atoms with Crippen LogP contribution in [-0.2, 0) is 20.7 Å². The molecule has 0 amide bonds. The van der Waals surface area contributed by atoms with Crippen LogP contribution in [0.15, 0.2) is 119 Å². The van der Waals surface area contributed by atoms with Crippen molar-refractivity contribution in [3.8, 4) is 28.7 Å². The first kappa shape index (κ1) is 55.0. The Labute approximate surface area is 388 Å². The van der Waals surface area contributed by atoms with Gasteiger partial charge in [-0.1, -0.05) is 66.7 Å². The minimum Gasteiger partial charge on any atom is -0.508 e. The summed E-state index contributed by atoms with van der Waals surface area (Å²) >= 11 is 0. The third-order valence-corrected chi connectivity index (χ3v) is 13.3. The molecule has 0 unspecified atom stereocenters. The van der Waals surface area contributed by atoms with E-state index in [0.717, 1.165) is 36.4 Å². The highest BCUT2D eigenvalue weighted by atomic mass is 32.2. The Morgan fingerprint density at radius 2 is 0.565 bits per heavy atom. The average molecular weight is 1000 g/mol. The molecule has 69 heavy (non-hydrogen) atoms. The van der Waals surface area contributed by atoms with Crippen molar-refractivity contribution in [2.45, 2.75) is 93.8 Å². The summed E-state index contributed by atoms with van der Waals surface area (Å²) in [6, 6.07) is 17.8. The van der Waals surface area contributed by atoms with Crippen LogP contribution in [0.5, 0.6) is 28.7 Å². The number of alkyl halides is 12. The normalized spacial score (nSPS) is 12.7. The van der Waals surface area contributed by atoms with E-state index in [4.69, 9.17) is 0 Å². The van der Waals surface area contributed by atoms with E-state index in [-0.39, 0.29) is 43.7 Å². The molecule has 0 spiro atoms. The summed E-state index contributed by atoms with van der Waals surface area (Å²) in [5, 5.41) is 48.0. The molecule has 0 radical (unpaired) electrons. The zero-order valence-corrected chi connectivity index (χ0v) is 38.2. The van der Waals surface area contributed by atoms with Gasteiger partial charge in [0.05, 0.1) is 9.79 Å². The summed E-state index contributed by atoms with van der Waals surface area (Å²) < 4.78 is 191. The number of phenolic OH excluding ortho intramolecular Hbond substituents is 5. The standard InChI is InChI=1S/C18H16F6O.C17H14F6O2.C14H14O4S/c1-10-4-5-13(8-11(10)2)16(17(19,20)21,18(22,23)24)14-6-7-15(25)12(3)9-14;1-9-3-5-11(7-13(9)24)15(16(18,19)20,17(21,22)23)12-6-4-10(2)14(25)8-12;1-9-3-5-11(7-13(9)15)19(17,18)12-6-4-10(2)14(16)8-12/h4-9,25H,1-3H3;3-8,24-25H,1-2H3;3-8,15-16H,1-2H3. The molecule has 0 fully saturated rings. The first-order valence-corrected chi connectivity index (χ1v) is 21.5. The van der Waals surface area contributed by atoms with Crippen LogP contribution in [0.1, 0.15) is 61.2 Å². The fraction of sp³-hybridized carbons (Fsp3) is 0.265. The van der Waals surface area contributed by atoms with Crippen molar-refractivity contribution in [1.82, 2.24) is 0 Å². The molecular weight excluding hydrogens is 961 g/mol. The summed E-state index contributed by atoms with van der Waals surface area (Å²) in [6.07, 6.45) is -22.8. The van der Waals surface area contributed by atoms with E-state index in [9.17, 15) is 86.6 Å². The van der Waals surface area contributed by atoms with Crippen molar-refractivity contribution in [3.63, 3.8) is 0 Å². The summed E-state index contributed by atoms with van der Waals surface area (Å²) in [5.41, 5.74) is -10.5. The zero-order chi connectivity index (χ0) is 52.6. The molecule has 0 aliphatic rings. The molecule has 0 heterocycles. The van der Waals surface area contributed by atoms with E-state index in [2.05, 4.69) is 0 Å². The fourth-order valence-electron chi connectivity index (χ4n) is 7.16. The average Bonchev–Trinajstić information content (AvgIpc) is 3.21.